The molecule has 0 aliphatic heterocycles. The summed E-state index contributed by atoms with van der Waals surface area (Å²) in [6.07, 6.45) is 0. The second kappa shape index (κ2) is 4.09. The normalized spacial score (nSPS) is 9.38. The van der Waals surface area contributed by atoms with Gasteiger partial charge in [0.05, 0.1) is 4.99 Å². The van der Waals surface area contributed by atoms with Crippen molar-refractivity contribution in [2.45, 2.75) is 6.92 Å². The van der Waals surface area contributed by atoms with Crippen LogP contribution in [-0.2, 0) is 0 Å². The lowest BCUT2D eigenvalue weighted by atomic mass is 10.2. The van der Waals surface area contributed by atoms with Crippen LogP contribution >= 0.6 is 12.2 Å². The van der Waals surface area contributed by atoms with Crippen LogP contribution in [0.3, 0.4) is 0 Å². The Labute approximate surface area is 80.8 Å². The van der Waals surface area contributed by atoms with E-state index in [2.05, 4.69) is 5.32 Å². The summed E-state index contributed by atoms with van der Waals surface area (Å²) in [6, 6.07) is 5.27. The van der Waals surface area contributed by atoms with Crippen molar-refractivity contribution in [1.82, 2.24) is 5.32 Å². The molecule has 1 amide bonds. The molecule has 2 nitrogen and oxygen atoms in total. The maximum absolute atomic E-state index is 12.5. The van der Waals surface area contributed by atoms with Crippen LogP contribution in [0.15, 0.2) is 24.3 Å². The highest BCUT2D eigenvalue weighted by Crippen LogP contribution is 2.02. The summed E-state index contributed by atoms with van der Waals surface area (Å²) in [6.45, 7) is 1.61. The highest BCUT2D eigenvalue weighted by atomic mass is 32.1. The molecule has 0 saturated heterocycles. The second-order valence-electron chi connectivity index (χ2n) is 2.52. The van der Waals surface area contributed by atoms with Gasteiger partial charge in [-0.3, -0.25) is 4.79 Å². The summed E-state index contributed by atoms with van der Waals surface area (Å²) in [5.41, 5.74) is 0.394. The van der Waals surface area contributed by atoms with Crippen molar-refractivity contribution in [2.75, 3.05) is 0 Å². The Kier molecular flexibility index (Phi) is 3.08. The van der Waals surface area contributed by atoms with E-state index in [1.54, 1.807) is 6.92 Å². The molecule has 68 valence electrons. The molecule has 0 saturated carbocycles. The molecule has 0 spiro atoms. The van der Waals surface area contributed by atoms with E-state index in [0.717, 1.165) is 0 Å². The van der Waals surface area contributed by atoms with Crippen LogP contribution in [0, 0.1) is 5.82 Å². The van der Waals surface area contributed by atoms with Gasteiger partial charge in [0.2, 0.25) is 0 Å². The molecule has 1 N–H and O–H groups in total. The SMILES string of the molecule is CC(=S)NC(=O)c1ccc(F)cc1. The number of amides is 1. The van der Waals surface area contributed by atoms with E-state index in [4.69, 9.17) is 12.2 Å². The van der Waals surface area contributed by atoms with Gasteiger partial charge in [0.25, 0.3) is 5.91 Å². The standard InChI is InChI=1S/C9H8FNOS/c1-6(13)11-9(12)7-2-4-8(10)5-3-7/h2-5H,1H3,(H,11,12,13). The molecule has 4 heteroatoms. The summed E-state index contributed by atoms with van der Waals surface area (Å²) in [7, 11) is 0. The molecule has 0 heterocycles. The van der Waals surface area contributed by atoms with Crippen molar-refractivity contribution in [2.24, 2.45) is 0 Å². The van der Waals surface area contributed by atoms with Gasteiger partial charge in [0, 0.05) is 5.56 Å². The average Bonchev–Trinajstić information content (AvgIpc) is 2.04. The van der Waals surface area contributed by atoms with Crippen LogP contribution in [0.1, 0.15) is 17.3 Å². The molecule has 0 aliphatic rings. The topological polar surface area (TPSA) is 29.1 Å². The molecular formula is C9H8FNOS. The number of hydrogen-bond donors (Lipinski definition) is 1. The number of thiocarbonyl (C=S) groups is 1. The second-order valence-corrected chi connectivity index (χ2v) is 3.13. The zero-order valence-electron chi connectivity index (χ0n) is 7.00. The van der Waals surface area contributed by atoms with E-state index in [0.29, 0.717) is 10.6 Å². The summed E-state index contributed by atoms with van der Waals surface area (Å²) < 4.78 is 12.5. The third kappa shape index (κ3) is 2.91. The van der Waals surface area contributed by atoms with E-state index in [-0.39, 0.29) is 11.7 Å². The molecule has 0 bridgehead atoms. The molecular weight excluding hydrogens is 189 g/mol. The van der Waals surface area contributed by atoms with Crippen LogP contribution in [0.2, 0.25) is 0 Å². The van der Waals surface area contributed by atoms with Crippen LogP contribution in [0.25, 0.3) is 0 Å². The van der Waals surface area contributed by atoms with Gasteiger partial charge < -0.3 is 5.32 Å². The molecule has 0 atom stereocenters. The lowest BCUT2D eigenvalue weighted by Crippen LogP contribution is -2.26. The lowest BCUT2D eigenvalue weighted by molar-refractivity contribution is 0.0977. The van der Waals surface area contributed by atoms with Crippen LogP contribution < -0.4 is 5.32 Å². The van der Waals surface area contributed by atoms with Crippen molar-refractivity contribution in [1.29, 1.82) is 0 Å². The van der Waals surface area contributed by atoms with Crippen LogP contribution in [0.5, 0.6) is 0 Å². The van der Waals surface area contributed by atoms with Gasteiger partial charge in [-0.2, -0.15) is 0 Å². The number of rotatable bonds is 1. The Hall–Kier alpha value is -1.29. The quantitative estimate of drug-likeness (QED) is 0.697. The Balaban J connectivity index is 2.78. The van der Waals surface area contributed by atoms with Gasteiger partial charge in [-0.05, 0) is 31.2 Å². The molecule has 0 fully saturated rings. The third-order valence-corrected chi connectivity index (χ3v) is 1.50. The maximum Gasteiger partial charge on any atom is 0.256 e. The Morgan fingerprint density at radius 1 is 1.38 bits per heavy atom. The van der Waals surface area contributed by atoms with Gasteiger partial charge in [-0.15, -0.1) is 0 Å². The maximum atomic E-state index is 12.5. The summed E-state index contributed by atoms with van der Waals surface area (Å²) >= 11 is 4.69. The Morgan fingerprint density at radius 2 is 1.92 bits per heavy atom. The fraction of sp³-hybridized carbons (Fsp3) is 0.111. The number of nitrogens with one attached hydrogen (secondary N) is 1. The van der Waals surface area contributed by atoms with Gasteiger partial charge in [0.15, 0.2) is 0 Å². The van der Waals surface area contributed by atoms with Crippen LogP contribution in [-0.4, -0.2) is 10.9 Å². The number of benzene rings is 1. The van der Waals surface area contributed by atoms with Crippen LogP contribution in [0.4, 0.5) is 4.39 Å². The first kappa shape index (κ1) is 9.80. The van der Waals surface area contributed by atoms with E-state index < -0.39 is 0 Å². The smallest absolute Gasteiger partial charge is 0.256 e. The number of halogens is 1. The molecule has 0 aliphatic carbocycles. The predicted octanol–water partition coefficient (Wildman–Crippen LogP) is 1.90. The van der Waals surface area contributed by atoms with E-state index in [1.165, 1.54) is 24.3 Å². The molecule has 13 heavy (non-hydrogen) atoms. The third-order valence-electron chi connectivity index (χ3n) is 1.40. The van der Waals surface area contributed by atoms with Crippen molar-refractivity contribution in [3.63, 3.8) is 0 Å². The van der Waals surface area contributed by atoms with Gasteiger partial charge in [-0.25, -0.2) is 4.39 Å². The fourth-order valence-corrected chi connectivity index (χ4v) is 0.926. The van der Waals surface area contributed by atoms with Crippen molar-refractivity contribution >= 4 is 23.1 Å². The predicted molar refractivity (Wildman–Crippen MR) is 52.1 cm³/mol. The summed E-state index contributed by atoms with van der Waals surface area (Å²) in [5.74, 6) is -0.678. The molecule has 0 radical (unpaired) electrons. The zero-order chi connectivity index (χ0) is 9.84. The molecule has 1 aromatic carbocycles. The molecule has 1 rings (SSSR count). The largest absolute Gasteiger partial charge is 0.317 e. The first-order chi connectivity index (χ1) is 6.09. The molecule has 0 unspecified atom stereocenters. The Morgan fingerprint density at radius 3 is 2.38 bits per heavy atom. The fourth-order valence-electron chi connectivity index (χ4n) is 0.833. The zero-order valence-corrected chi connectivity index (χ0v) is 7.82. The van der Waals surface area contributed by atoms with Gasteiger partial charge in [0.1, 0.15) is 5.82 Å². The minimum atomic E-state index is -0.365. The number of carbonyl (C=O) groups is 1. The van der Waals surface area contributed by atoms with E-state index in [1.807, 2.05) is 0 Å². The lowest BCUT2D eigenvalue weighted by Gasteiger charge is -2.01. The number of hydrogen-bond acceptors (Lipinski definition) is 2. The highest BCUT2D eigenvalue weighted by Gasteiger charge is 2.04. The van der Waals surface area contributed by atoms with Crippen molar-refractivity contribution < 1.29 is 9.18 Å². The van der Waals surface area contributed by atoms with E-state index in [9.17, 15) is 9.18 Å². The average molecular weight is 197 g/mol. The van der Waals surface area contributed by atoms with Gasteiger partial charge >= 0.3 is 0 Å². The first-order valence-electron chi connectivity index (χ1n) is 3.67. The molecule has 1 aromatic rings. The number of carbonyl (C=O) groups excluding carboxylic acids is 1. The van der Waals surface area contributed by atoms with Crippen molar-refractivity contribution in [3.8, 4) is 0 Å². The molecule has 0 aromatic heterocycles. The van der Waals surface area contributed by atoms with E-state index >= 15 is 0 Å². The summed E-state index contributed by atoms with van der Waals surface area (Å²) in [5, 5.41) is 2.45. The summed E-state index contributed by atoms with van der Waals surface area (Å²) in [4.78, 5) is 11.6. The highest BCUT2D eigenvalue weighted by molar-refractivity contribution is 7.80. The van der Waals surface area contributed by atoms with Gasteiger partial charge in [-0.1, -0.05) is 12.2 Å². The Bertz CT molecular complexity index is 334. The van der Waals surface area contributed by atoms with Crippen molar-refractivity contribution in [3.05, 3.63) is 35.6 Å². The first-order valence-corrected chi connectivity index (χ1v) is 4.08. The monoisotopic (exact) mass is 197 g/mol. The minimum absolute atomic E-state index is 0.312. The minimum Gasteiger partial charge on any atom is -0.317 e.